The van der Waals surface area contributed by atoms with Crippen molar-refractivity contribution in [1.82, 2.24) is 16.0 Å². The monoisotopic (exact) mass is 188 g/mol. The van der Waals surface area contributed by atoms with E-state index >= 15 is 0 Å². The average molecular weight is 188 g/mol. The van der Waals surface area contributed by atoms with Gasteiger partial charge in [0.2, 0.25) is 0 Å². The van der Waals surface area contributed by atoms with Crippen molar-refractivity contribution in [1.29, 1.82) is 0 Å². The Balaban J connectivity index is 3.08. The number of unbranched alkanes of at least 4 members (excludes halogenated alkanes) is 1. The van der Waals surface area contributed by atoms with Gasteiger partial charge in [0, 0.05) is 20.1 Å². The van der Waals surface area contributed by atoms with E-state index in [0.29, 0.717) is 13.1 Å². The molecule has 5 N–H and O–H groups in total. The standard InChI is InChI=1S/C7H16N4O2/c1-9-7(13)11-5-3-2-4-10-6(8)12/h2-5H2,1H3,(H3,8,10,12)(H2,9,11,13). The van der Waals surface area contributed by atoms with Crippen LogP contribution in [-0.2, 0) is 0 Å². The molecule has 0 rings (SSSR count). The second-order valence-electron chi connectivity index (χ2n) is 2.50. The lowest BCUT2D eigenvalue weighted by Gasteiger charge is -2.04. The molecule has 0 fully saturated rings. The molecule has 13 heavy (non-hydrogen) atoms. The van der Waals surface area contributed by atoms with E-state index < -0.39 is 6.03 Å². The maximum Gasteiger partial charge on any atom is 0.314 e. The van der Waals surface area contributed by atoms with Crippen LogP contribution in [0.1, 0.15) is 12.8 Å². The highest BCUT2D eigenvalue weighted by atomic mass is 16.2. The number of amides is 4. The fraction of sp³-hybridized carbons (Fsp3) is 0.714. The molecule has 0 aliphatic carbocycles. The van der Waals surface area contributed by atoms with Gasteiger partial charge in [-0.25, -0.2) is 9.59 Å². The normalized spacial score (nSPS) is 9.00. The smallest absolute Gasteiger partial charge is 0.314 e. The summed E-state index contributed by atoms with van der Waals surface area (Å²) in [4.78, 5) is 20.9. The van der Waals surface area contributed by atoms with Crippen LogP contribution in [-0.4, -0.2) is 32.2 Å². The molecule has 4 amide bonds. The first-order valence-corrected chi connectivity index (χ1v) is 4.15. The Bertz CT molecular complexity index is 172. The van der Waals surface area contributed by atoms with Crippen LogP contribution in [0.25, 0.3) is 0 Å². The zero-order chi connectivity index (χ0) is 10.1. The van der Waals surface area contributed by atoms with Crippen LogP contribution in [0.3, 0.4) is 0 Å². The lowest BCUT2D eigenvalue weighted by molar-refractivity contribution is 0.242. The number of primary amides is 1. The highest BCUT2D eigenvalue weighted by Crippen LogP contribution is 1.83. The Morgan fingerprint density at radius 2 is 1.69 bits per heavy atom. The zero-order valence-corrected chi connectivity index (χ0v) is 7.72. The molecule has 0 atom stereocenters. The van der Waals surface area contributed by atoms with E-state index in [1.807, 2.05) is 0 Å². The number of nitrogens with one attached hydrogen (secondary N) is 3. The van der Waals surface area contributed by atoms with Crippen LogP contribution in [0.15, 0.2) is 0 Å². The van der Waals surface area contributed by atoms with Crippen LogP contribution in [0.4, 0.5) is 9.59 Å². The Kier molecular flexibility index (Phi) is 6.39. The van der Waals surface area contributed by atoms with Crippen LogP contribution < -0.4 is 21.7 Å². The minimum Gasteiger partial charge on any atom is -0.352 e. The van der Waals surface area contributed by atoms with Crippen LogP contribution in [0.5, 0.6) is 0 Å². The van der Waals surface area contributed by atoms with Gasteiger partial charge in [-0.3, -0.25) is 0 Å². The molecule has 0 saturated carbocycles. The van der Waals surface area contributed by atoms with Gasteiger partial charge in [0.1, 0.15) is 0 Å². The molecule has 0 radical (unpaired) electrons. The van der Waals surface area contributed by atoms with Crippen molar-refractivity contribution in [3.8, 4) is 0 Å². The fourth-order valence-electron chi connectivity index (χ4n) is 0.752. The van der Waals surface area contributed by atoms with Crippen molar-refractivity contribution in [2.24, 2.45) is 5.73 Å². The maximum atomic E-state index is 10.6. The van der Waals surface area contributed by atoms with E-state index in [2.05, 4.69) is 16.0 Å². The molecule has 0 heterocycles. The molecule has 0 aromatic rings. The van der Waals surface area contributed by atoms with Crippen molar-refractivity contribution >= 4 is 12.1 Å². The summed E-state index contributed by atoms with van der Waals surface area (Å²) in [5.74, 6) is 0. The van der Waals surface area contributed by atoms with Crippen molar-refractivity contribution in [3.63, 3.8) is 0 Å². The molecular weight excluding hydrogens is 172 g/mol. The molecule has 0 unspecified atom stereocenters. The summed E-state index contributed by atoms with van der Waals surface area (Å²) in [7, 11) is 1.56. The average Bonchev–Trinajstić information content (AvgIpc) is 2.10. The summed E-state index contributed by atoms with van der Waals surface area (Å²) in [6.07, 6.45) is 1.61. The summed E-state index contributed by atoms with van der Waals surface area (Å²) in [6.45, 7) is 1.14. The van der Waals surface area contributed by atoms with Gasteiger partial charge in [-0.2, -0.15) is 0 Å². The third-order valence-electron chi connectivity index (χ3n) is 1.42. The molecule has 0 aromatic heterocycles. The summed E-state index contributed by atoms with van der Waals surface area (Å²) < 4.78 is 0. The summed E-state index contributed by atoms with van der Waals surface area (Å²) in [5.41, 5.74) is 4.85. The number of carbonyl (C=O) groups is 2. The van der Waals surface area contributed by atoms with Gasteiger partial charge < -0.3 is 21.7 Å². The second-order valence-corrected chi connectivity index (χ2v) is 2.50. The van der Waals surface area contributed by atoms with Crippen LogP contribution in [0, 0.1) is 0 Å². The van der Waals surface area contributed by atoms with E-state index in [0.717, 1.165) is 12.8 Å². The van der Waals surface area contributed by atoms with E-state index in [-0.39, 0.29) is 6.03 Å². The molecule has 0 aliphatic rings. The first-order chi connectivity index (χ1) is 6.16. The second kappa shape index (κ2) is 7.20. The van der Waals surface area contributed by atoms with Crippen LogP contribution in [0.2, 0.25) is 0 Å². The third kappa shape index (κ3) is 8.45. The minimum atomic E-state index is -0.515. The number of carbonyl (C=O) groups excluding carboxylic acids is 2. The predicted octanol–water partition coefficient (Wildman–Crippen LogP) is -0.636. The number of nitrogens with two attached hydrogens (primary N) is 1. The Hall–Kier alpha value is -1.46. The largest absolute Gasteiger partial charge is 0.352 e. The molecule has 0 aliphatic heterocycles. The summed E-state index contributed by atoms with van der Waals surface area (Å²) >= 11 is 0. The molecule has 6 nitrogen and oxygen atoms in total. The minimum absolute atomic E-state index is 0.192. The van der Waals surface area contributed by atoms with E-state index in [1.54, 1.807) is 7.05 Å². The Morgan fingerprint density at radius 1 is 1.15 bits per heavy atom. The lowest BCUT2D eigenvalue weighted by Crippen LogP contribution is -2.34. The highest BCUT2D eigenvalue weighted by Gasteiger charge is 1.94. The van der Waals surface area contributed by atoms with Gasteiger partial charge in [0.05, 0.1) is 0 Å². The highest BCUT2D eigenvalue weighted by molar-refractivity contribution is 5.73. The Morgan fingerprint density at radius 3 is 2.15 bits per heavy atom. The van der Waals surface area contributed by atoms with Gasteiger partial charge in [-0.05, 0) is 12.8 Å². The van der Waals surface area contributed by atoms with Crippen molar-refractivity contribution in [2.75, 3.05) is 20.1 Å². The molecule has 0 spiro atoms. The topological polar surface area (TPSA) is 96.2 Å². The summed E-state index contributed by atoms with van der Waals surface area (Å²) in [6, 6.07) is -0.706. The molecule has 0 bridgehead atoms. The first-order valence-electron chi connectivity index (χ1n) is 4.15. The van der Waals surface area contributed by atoms with Gasteiger partial charge in [0.25, 0.3) is 0 Å². The summed E-state index contributed by atoms with van der Waals surface area (Å²) in [5, 5.41) is 7.52. The van der Waals surface area contributed by atoms with E-state index in [9.17, 15) is 9.59 Å². The first kappa shape index (κ1) is 11.5. The van der Waals surface area contributed by atoms with Crippen LogP contribution >= 0.6 is 0 Å². The fourth-order valence-corrected chi connectivity index (χ4v) is 0.752. The number of urea groups is 2. The molecule has 6 heteroatoms. The molecule has 0 aromatic carbocycles. The SMILES string of the molecule is CNC(=O)NCCCCNC(N)=O. The lowest BCUT2D eigenvalue weighted by atomic mass is 10.3. The number of rotatable bonds is 5. The van der Waals surface area contributed by atoms with Gasteiger partial charge in [-0.15, -0.1) is 0 Å². The van der Waals surface area contributed by atoms with E-state index in [4.69, 9.17) is 5.73 Å². The molecular formula is C7H16N4O2. The molecule has 76 valence electrons. The van der Waals surface area contributed by atoms with Gasteiger partial charge in [-0.1, -0.05) is 0 Å². The maximum absolute atomic E-state index is 10.6. The van der Waals surface area contributed by atoms with E-state index in [1.165, 1.54) is 0 Å². The van der Waals surface area contributed by atoms with Gasteiger partial charge in [0.15, 0.2) is 0 Å². The van der Waals surface area contributed by atoms with Gasteiger partial charge >= 0.3 is 12.1 Å². The van der Waals surface area contributed by atoms with Crippen molar-refractivity contribution in [2.45, 2.75) is 12.8 Å². The quantitative estimate of drug-likeness (QED) is 0.432. The third-order valence-corrected chi connectivity index (χ3v) is 1.42. The van der Waals surface area contributed by atoms with Crippen molar-refractivity contribution < 1.29 is 9.59 Å². The van der Waals surface area contributed by atoms with Crippen molar-refractivity contribution in [3.05, 3.63) is 0 Å². The number of hydrogen-bond donors (Lipinski definition) is 4. The predicted molar refractivity (Wildman–Crippen MR) is 49.3 cm³/mol. The number of hydrogen-bond acceptors (Lipinski definition) is 2. The molecule has 0 saturated heterocycles. The Labute approximate surface area is 77.2 Å². The zero-order valence-electron chi connectivity index (χ0n) is 7.72.